The predicted molar refractivity (Wildman–Crippen MR) is 97.1 cm³/mol. The highest BCUT2D eigenvalue weighted by atomic mass is 16.5. The van der Waals surface area contributed by atoms with E-state index in [1.165, 1.54) is 11.9 Å². The van der Waals surface area contributed by atoms with E-state index in [-0.39, 0.29) is 17.7 Å². The van der Waals surface area contributed by atoms with Gasteiger partial charge in [-0.2, -0.15) is 5.10 Å². The molecule has 0 spiro atoms. The third kappa shape index (κ3) is 3.94. The number of ketones is 1. The van der Waals surface area contributed by atoms with Crippen molar-refractivity contribution >= 4 is 11.8 Å². The van der Waals surface area contributed by atoms with E-state index >= 15 is 0 Å². The highest BCUT2D eigenvalue weighted by Gasteiger charge is 2.38. The van der Waals surface area contributed by atoms with Crippen LogP contribution < -0.4 is 0 Å². The minimum atomic E-state index is -0.317. The Hall–Kier alpha value is -2.24. The number of hydrogen-bond acceptors (Lipinski definition) is 5. The second-order valence-corrected chi connectivity index (χ2v) is 7.51. The molecule has 3 rings (SSSR count). The van der Waals surface area contributed by atoms with Gasteiger partial charge in [0, 0.05) is 25.0 Å². The maximum absolute atomic E-state index is 12.4. The van der Waals surface area contributed by atoms with Crippen molar-refractivity contribution in [1.29, 1.82) is 0 Å². The van der Waals surface area contributed by atoms with Gasteiger partial charge in [-0.25, -0.2) is 9.78 Å². The van der Waals surface area contributed by atoms with Gasteiger partial charge in [0.1, 0.15) is 12.7 Å². The second kappa shape index (κ2) is 7.98. The zero-order chi connectivity index (χ0) is 18.7. The van der Waals surface area contributed by atoms with Crippen LogP contribution in [0.4, 0.5) is 0 Å². The molecule has 0 N–H and O–H groups in total. The van der Waals surface area contributed by atoms with Gasteiger partial charge in [0.15, 0.2) is 5.78 Å². The minimum absolute atomic E-state index is 0.0705. The van der Waals surface area contributed by atoms with Crippen molar-refractivity contribution < 1.29 is 14.3 Å². The van der Waals surface area contributed by atoms with Gasteiger partial charge in [0.2, 0.25) is 0 Å². The highest BCUT2D eigenvalue weighted by Crippen LogP contribution is 2.45. The van der Waals surface area contributed by atoms with Crippen molar-refractivity contribution in [3.63, 3.8) is 0 Å². The second-order valence-electron chi connectivity index (χ2n) is 7.51. The van der Waals surface area contributed by atoms with Crippen LogP contribution in [-0.2, 0) is 20.9 Å². The molecule has 0 saturated heterocycles. The number of esters is 1. The summed E-state index contributed by atoms with van der Waals surface area (Å²) in [6.45, 7) is 9.16. The first-order valence-corrected chi connectivity index (χ1v) is 9.38. The topological polar surface area (TPSA) is 74.1 Å². The maximum atomic E-state index is 12.4. The third-order valence-electron chi connectivity index (χ3n) is 5.86. The number of allylic oxidation sites excluding steroid dienone is 2. The van der Waals surface area contributed by atoms with Crippen LogP contribution >= 0.6 is 0 Å². The van der Waals surface area contributed by atoms with Crippen molar-refractivity contribution in [3.8, 4) is 0 Å². The molecule has 0 bridgehead atoms. The van der Waals surface area contributed by atoms with Crippen molar-refractivity contribution in [2.45, 2.75) is 52.5 Å². The van der Waals surface area contributed by atoms with E-state index < -0.39 is 0 Å². The number of hydrogen-bond donors (Lipinski definition) is 0. The highest BCUT2D eigenvalue weighted by molar-refractivity contribution is 5.98. The molecule has 1 aromatic heterocycles. The van der Waals surface area contributed by atoms with E-state index in [1.54, 1.807) is 11.0 Å². The van der Waals surface area contributed by atoms with Gasteiger partial charge in [-0.15, -0.1) is 0 Å². The van der Waals surface area contributed by atoms with Gasteiger partial charge in [-0.3, -0.25) is 9.48 Å². The fraction of sp³-hybridized carbons (Fsp3) is 0.600. The number of carbonyl (C=O) groups is 2. The Morgan fingerprint density at radius 2 is 2.19 bits per heavy atom. The Labute approximate surface area is 154 Å². The average Bonchev–Trinajstić information content (AvgIpc) is 3.20. The first kappa shape index (κ1) is 18.5. The summed E-state index contributed by atoms with van der Waals surface area (Å²) in [6, 6.07) is 0. The number of nitrogens with zero attached hydrogens (tertiary/aromatic N) is 3. The lowest BCUT2D eigenvalue weighted by Gasteiger charge is -2.19. The van der Waals surface area contributed by atoms with Gasteiger partial charge in [-0.1, -0.05) is 19.1 Å². The lowest BCUT2D eigenvalue weighted by atomic mass is 9.86. The zero-order valence-corrected chi connectivity index (χ0v) is 15.6. The molecule has 2 aliphatic carbocycles. The summed E-state index contributed by atoms with van der Waals surface area (Å²) in [4.78, 5) is 28.4. The van der Waals surface area contributed by atoms with Crippen LogP contribution in [-0.4, -0.2) is 33.1 Å². The molecule has 0 radical (unpaired) electrons. The molecule has 0 aliphatic heterocycles. The summed E-state index contributed by atoms with van der Waals surface area (Å²) in [5.74, 6) is 0.837. The van der Waals surface area contributed by atoms with E-state index in [0.29, 0.717) is 43.4 Å². The fourth-order valence-electron chi connectivity index (χ4n) is 4.11. The fourth-order valence-corrected chi connectivity index (χ4v) is 4.11. The molecular weight excluding hydrogens is 330 g/mol. The Kier molecular flexibility index (Phi) is 5.69. The van der Waals surface area contributed by atoms with Gasteiger partial charge in [0.25, 0.3) is 0 Å². The van der Waals surface area contributed by atoms with Crippen molar-refractivity contribution in [2.24, 2.45) is 17.8 Å². The van der Waals surface area contributed by atoms with Crippen LogP contribution in [0.15, 0.2) is 36.0 Å². The average molecular weight is 357 g/mol. The van der Waals surface area contributed by atoms with Crippen molar-refractivity contribution in [1.82, 2.24) is 14.8 Å². The number of carbonyl (C=O) groups excluding carboxylic acids is 2. The summed E-state index contributed by atoms with van der Waals surface area (Å²) >= 11 is 0. The largest absolute Gasteiger partial charge is 0.462 e. The number of ether oxygens (including phenoxy) is 1. The van der Waals surface area contributed by atoms with Gasteiger partial charge < -0.3 is 4.74 Å². The number of rotatable bonds is 6. The SMILES string of the molecule is C=C(C(=O)OCCCn1cncn1)[C@@H]1CC[C@H](C)[C@@H]2CC(=O)C(C)=C2C1. The molecule has 140 valence electrons. The lowest BCUT2D eigenvalue weighted by molar-refractivity contribution is -0.139. The third-order valence-corrected chi connectivity index (χ3v) is 5.86. The van der Waals surface area contributed by atoms with Crippen LogP contribution in [0.3, 0.4) is 0 Å². The first-order chi connectivity index (χ1) is 12.5. The zero-order valence-electron chi connectivity index (χ0n) is 15.6. The molecule has 2 aliphatic rings. The molecule has 0 unspecified atom stereocenters. The minimum Gasteiger partial charge on any atom is -0.462 e. The first-order valence-electron chi connectivity index (χ1n) is 9.38. The van der Waals surface area contributed by atoms with Gasteiger partial charge in [-0.05, 0) is 49.5 Å². The summed E-state index contributed by atoms with van der Waals surface area (Å²) < 4.78 is 7.11. The van der Waals surface area contributed by atoms with Crippen LogP contribution in [0.2, 0.25) is 0 Å². The maximum Gasteiger partial charge on any atom is 0.333 e. The van der Waals surface area contributed by atoms with Crippen molar-refractivity contribution in [2.75, 3.05) is 6.61 Å². The van der Waals surface area contributed by atoms with Crippen LogP contribution in [0.1, 0.15) is 46.0 Å². The van der Waals surface area contributed by atoms with Crippen LogP contribution in [0.5, 0.6) is 0 Å². The molecule has 3 atom stereocenters. The van der Waals surface area contributed by atoms with E-state index in [9.17, 15) is 9.59 Å². The summed E-state index contributed by atoms with van der Waals surface area (Å²) in [5, 5.41) is 4.02. The number of fused-ring (bicyclic) bond motifs is 1. The molecule has 1 heterocycles. The van der Waals surface area contributed by atoms with E-state index in [2.05, 4.69) is 23.6 Å². The van der Waals surface area contributed by atoms with Gasteiger partial charge in [0.05, 0.1) is 6.61 Å². The normalized spacial score (nSPS) is 25.8. The van der Waals surface area contributed by atoms with Crippen LogP contribution in [0, 0.1) is 17.8 Å². The van der Waals surface area contributed by atoms with Crippen molar-refractivity contribution in [3.05, 3.63) is 36.0 Å². The monoisotopic (exact) mass is 357 g/mol. The molecule has 0 amide bonds. The molecule has 1 saturated carbocycles. The van der Waals surface area contributed by atoms with Gasteiger partial charge >= 0.3 is 5.97 Å². The predicted octanol–water partition coefficient (Wildman–Crippen LogP) is 3.11. The molecule has 1 fully saturated rings. The Balaban J connectivity index is 1.54. The Morgan fingerprint density at radius 1 is 1.38 bits per heavy atom. The Morgan fingerprint density at radius 3 is 2.92 bits per heavy atom. The summed E-state index contributed by atoms with van der Waals surface area (Å²) in [5.41, 5.74) is 2.69. The number of Topliss-reactive ketones (excluding diaryl/α,β-unsaturated/α-hetero) is 1. The van der Waals surface area contributed by atoms with E-state index in [0.717, 1.165) is 24.8 Å². The molecular formula is C20H27N3O3. The summed E-state index contributed by atoms with van der Waals surface area (Å²) in [7, 11) is 0. The lowest BCUT2D eigenvalue weighted by Crippen LogP contribution is -2.17. The number of aryl methyl sites for hydroxylation is 1. The molecule has 1 aromatic rings. The number of aromatic nitrogens is 3. The molecule has 0 aromatic carbocycles. The smallest absolute Gasteiger partial charge is 0.333 e. The molecule has 6 heteroatoms. The molecule has 6 nitrogen and oxygen atoms in total. The molecule has 26 heavy (non-hydrogen) atoms. The summed E-state index contributed by atoms with van der Waals surface area (Å²) in [6.07, 6.45) is 7.15. The van der Waals surface area contributed by atoms with E-state index in [4.69, 9.17) is 4.74 Å². The quantitative estimate of drug-likeness (QED) is 0.444. The Bertz CT molecular complexity index is 721. The van der Waals surface area contributed by atoms with E-state index in [1.807, 2.05) is 6.92 Å². The van der Waals surface area contributed by atoms with Crippen LogP contribution in [0.25, 0.3) is 0 Å². The standard InChI is InChI=1S/C20H27N3O3/c1-13-5-6-16(9-18-15(3)19(24)10-17(13)18)14(2)20(25)26-8-4-7-23-12-21-11-22-23/h11-13,16-17H,2,4-10H2,1,3H3/t13-,16+,17-/m0/s1.